The van der Waals surface area contributed by atoms with Crippen LogP contribution in [0.4, 0.5) is 0 Å². The highest BCUT2D eigenvalue weighted by Crippen LogP contribution is 2.37. The summed E-state index contributed by atoms with van der Waals surface area (Å²) in [5.41, 5.74) is 0.306. The van der Waals surface area contributed by atoms with Gasteiger partial charge < -0.3 is 0 Å². The normalized spacial score (nSPS) is 24.1. The quantitative estimate of drug-likeness (QED) is 0.574. The van der Waals surface area contributed by atoms with Gasteiger partial charge in [0, 0.05) is 6.42 Å². The molecule has 1 fully saturated rings. The second-order valence-corrected chi connectivity index (χ2v) is 3.69. The monoisotopic (exact) mass is 139 g/mol. The van der Waals surface area contributed by atoms with Crippen LogP contribution in [0.3, 0.4) is 0 Å². The van der Waals surface area contributed by atoms with Gasteiger partial charge in [0.25, 0.3) is 0 Å². The Morgan fingerprint density at radius 1 is 1.30 bits per heavy atom. The number of hydrogen-bond acceptors (Lipinski definition) is 1. The van der Waals surface area contributed by atoms with Crippen LogP contribution in [-0.2, 0) is 4.79 Å². The summed E-state index contributed by atoms with van der Waals surface area (Å²) in [6, 6.07) is 0. The van der Waals surface area contributed by atoms with Crippen molar-refractivity contribution in [2.24, 2.45) is 5.41 Å². The Kier molecular flexibility index (Phi) is 2.47. The first-order valence-electron chi connectivity index (χ1n) is 4.12. The lowest BCUT2D eigenvalue weighted by Crippen LogP contribution is -2.20. The minimum Gasteiger partial charge on any atom is -0.291 e. The van der Waals surface area contributed by atoms with Crippen LogP contribution in [-0.4, -0.2) is 6.29 Å². The van der Waals surface area contributed by atoms with E-state index in [2.05, 4.69) is 6.92 Å². The van der Waals surface area contributed by atoms with E-state index in [1.54, 1.807) is 0 Å². The van der Waals surface area contributed by atoms with E-state index in [0.717, 1.165) is 0 Å². The maximum absolute atomic E-state index is 10.2. The molecule has 1 nitrogen and oxygen atoms in total. The van der Waals surface area contributed by atoms with Crippen LogP contribution in [0.15, 0.2) is 0 Å². The largest absolute Gasteiger partial charge is 0.291 e. The van der Waals surface area contributed by atoms with Crippen molar-refractivity contribution in [1.29, 1.82) is 0 Å². The Morgan fingerprint density at radius 3 is 2.40 bits per heavy atom. The summed E-state index contributed by atoms with van der Waals surface area (Å²) in [4.78, 5) is 10.2. The standard InChI is InChI=1S/C9H15O/c1-9(7-8-10)5-3-2-4-6-9/h2-7H2,1H3. The maximum atomic E-state index is 10.2. The van der Waals surface area contributed by atoms with Gasteiger partial charge in [0.2, 0.25) is 0 Å². The topological polar surface area (TPSA) is 17.1 Å². The SMILES string of the molecule is CC1(C[C]=O)CCCCC1. The van der Waals surface area contributed by atoms with E-state index < -0.39 is 0 Å². The minimum absolute atomic E-state index is 0.306. The molecule has 1 aliphatic rings. The van der Waals surface area contributed by atoms with Gasteiger partial charge in [-0.1, -0.05) is 26.2 Å². The van der Waals surface area contributed by atoms with Gasteiger partial charge in [-0.3, -0.25) is 4.79 Å². The third-order valence-electron chi connectivity index (χ3n) is 2.56. The van der Waals surface area contributed by atoms with Gasteiger partial charge in [0.1, 0.15) is 0 Å². The van der Waals surface area contributed by atoms with Crippen molar-refractivity contribution >= 4 is 6.29 Å². The Balaban J connectivity index is 2.39. The summed E-state index contributed by atoms with van der Waals surface area (Å²) >= 11 is 0. The van der Waals surface area contributed by atoms with Crippen LogP contribution in [0, 0.1) is 5.41 Å². The number of rotatable bonds is 2. The Hall–Kier alpha value is -0.330. The summed E-state index contributed by atoms with van der Waals surface area (Å²) in [7, 11) is 0. The van der Waals surface area contributed by atoms with Crippen LogP contribution >= 0.6 is 0 Å². The van der Waals surface area contributed by atoms with Crippen molar-refractivity contribution in [3.8, 4) is 0 Å². The van der Waals surface area contributed by atoms with Gasteiger partial charge in [-0.15, -0.1) is 0 Å². The molecule has 1 heteroatoms. The van der Waals surface area contributed by atoms with E-state index in [9.17, 15) is 4.79 Å². The molecule has 1 saturated carbocycles. The van der Waals surface area contributed by atoms with Gasteiger partial charge in [-0.05, 0) is 18.3 Å². The number of carbonyl (C=O) groups excluding carboxylic acids is 1. The molecule has 1 aliphatic carbocycles. The molecule has 0 heterocycles. The van der Waals surface area contributed by atoms with Crippen LogP contribution in [0.25, 0.3) is 0 Å². The van der Waals surface area contributed by atoms with Crippen LogP contribution in [0.5, 0.6) is 0 Å². The van der Waals surface area contributed by atoms with E-state index in [1.165, 1.54) is 32.1 Å². The molecule has 10 heavy (non-hydrogen) atoms. The van der Waals surface area contributed by atoms with Crippen LogP contribution in [0.1, 0.15) is 45.4 Å². The number of hydrogen-bond donors (Lipinski definition) is 0. The van der Waals surface area contributed by atoms with Crippen molar-refractivity contribution in [3.63, 3.8) is 0 Å². The van der Waals surface area contributed by atoms with Gasteiger partial charge in [-0.2, -0.15) is 0 Å². The lowest BCUT2D eigenvalue weighted by Gasteiger charge is -2.31. The van der Waals surface area contributed by atoms with Crippen LogP contribution in [0.2, 0.25) is 0 Å². The summed E-state index contributed by atoms with van der Waals surface area (Å²) in [6.07, 6.45) is 9.09. The Labute approximate surface area is 62.8 Å². The van der Waals surface area contributed by atoms with Gasteiger partial charge >= 0.3 is 0 Å². The van der Waals surface area contributed by atoms with Gasteiger partial charge in [0.05, 0.1) is 0 Å². The average Bonchev–Trinajstić information content (AvgIpc) is 1.89. The van der Waals surface area contributed by atoms with Crippen molar-refractivity contribution in [2.75, 3.05) is 0 Å². The third-order valence-corrected chi connectivity index (χ3v) is 2.56. The summed E-state index contributed by atoms with van der Waals surface area (Å²) in [6.45, 7) is 2.21. The molecule has 0 aromatic rings. The second kappa shape index (κ2) is 3.18. The molecule has 0 aromatic heterocycles. The van der Waals surface area contributed by atoms with E-state index in [-0.39, 0.29) is 0 Å². The third kappa shape index (κ3) is 1.83. The molecule has 1 rings (SSSR count). The van der Waals surface area contributed by atoms with Crippen LogP contribution < -0.4 is 0 Å². The first-order valence-corrected chi connectivity index (χ1v) is 4.12. The molecule has 0 unspecified atom stereocenters. The molecule has 0 aromatic carbocycles. The zero-order valence-corrected chi connectivity index (χ0v) is 6.65. The first kappa shape index (κ1) is 7.77. The van der Waals surface area contributed by atoms with Crippen molar-refractivity contribution in [3.05, 3.63) is 0 Å². The zero-order valence-electron chi connectivity index (χ0n) is 6.65. The summed E-state index contributed by atoms with van der Waals surface area (Å²) in [5.74, 6) is 0. The lowest BCUT2D eigenvalue weighted by atomic mass is 9.74. The average molecular weight is 139 g/mol. The minimum atomic E-state index is 0.306. The molecule has 0 saturated heterocycles. The van der Waals surface area contributed by atoms with Gasteiger partial charge in [0.15, 0.2) is 6.29 Å². The smallest absolute Gasteiger partial charge is 0.198 e. The molecule has 0 aliphatic heterocycles. The maximum Gasteiger partial charge on any atom is 0.198 e. The fourth-order valence-electron chi connectivity index (χ4n) is 1.76. The van der Waals surface area contributed by atoms with Gasteiger partial charge in [-0.25, -0.2) is 0 Å². The fraction of sp³-hybridized carbons (Fsp3) is 0.889. The summed E-state index contributed by atoms with van der Waals surface area (Å²) in [5, 5.41) is 0. The molecule has 0 N–H and O–H groups in total. The Morgan fingerprint density at radius 2 is 1.90 bits per heavy atom. The molecule has 1 radical (unpaired) electrons. The fourth-order valence-corrected chi connectivity index (χ4v) is 1.76. The highest BCUT2D eigenvalue weighted by Gasteiger charge is 2.25. The van der Waals surface area contributed by atoms with E-state index >= 15 is 0 Å². The Bertz CT molecular complexity index is 112. The summed E-state index contributed by atoms with van der Waals surface area (Å²) < 4.78 is 0. The van der Waals surface area contributed by atoms with Crippen molar-refractivity contribution in [1.82, 2.24) is 0 Å². The lowest BCUT2D eigenvalue weighted by molar-refractivity contribution is 0.224. The molecule has 0 amide bonds. The van der Waals surface area contributed by atoms with Crippen molar-refractivity contribution < 1.29 is 4.79 Å². The second-order valence-electron chi connectivity index (χ2n) is 3.69. The van der Waals surface area contributed by atoms with E-state index in [1.807, 2.05) is 6.29 Å². The molecule has 0 atom stereocenters. The first-order chi connectivity index (χ1) is 4.77. The molecule has 57 valence electrons. The highest BCUT2D eigenvalue weighted by atomic mass is 16.1. The molecule has 0 spiro atoms. The predicted molar refractivity (Wildman–Crippen MR) is 41.5 cm³/mol. The highest BCUT2D eigenvalue weighted by molar-refractivity contribution is 5.51. The molecule has 0 bridgehead atoms. The van der Waals surface area contributed by atoms with E-state index in [0.29, 0.717) is 11.8 Å². The predicted octanol–water partition coefficient (Wildman–Crippen LogP) is 2.46. The zero-order chi connectivity index (χ0) is 7.45. The van der Waals surface area contributed by atoms with E-state index in [4.69, 9.17) is 0 Å². The van der Waals surface area contributed by atoms with Crippen molar-refractivity contribution in [2.45, 2.75) is 45.4 Å². The molecular weight excluding hydrogens is 124 g/mol. The molecular formula is C9H15O.